The SMILES string of the molecule is C=CCCCCOC(=O)[C@@H]1[C@@H]2CCC3(O2)C(C(=O)N(CC=C)Cc2ccccc2)N([C@@H](CO)Cc2ccccc2)C(=O)[C@H]13. The molecule has 3 heterocycles. The molecule has 228 valence electrons. The summed E-state index contributed by atoms with van der Waals surface area (Å²) in [5.74, 6) is -2.70. The summed E-state index contributed by atoms with van der Waals surface area (Å²) in [5.41, 5.74) is 0.703. The van der Waals surface area contributed by atoms with Crippen LogP contribution in [-0.4, -0.2) is 76.2 Å². The standard InChI is InChI=1S/C35H42N2O6/c1-3-5-6-13-21-42-34(41)29-28-18-19-35(43-28)30(29)32(39)37(27(24-38)22-25-14-9-7-10-15-25)31(35)33(40)36(20-4-2)23-26-16-11-8-12-17-26/h3-4,7-12,14-17,27-31,38H,1-2,5-6,13,18-24H2/t27-,28+,29-,30+,31?,35?/m1/s1. The molecule has 3 aliphatic rings. The van der Waals surface area contributed by atoms with E-state index in [1.165, 1.54) is 4.90 Å². The van der Waals surface area contributed by atoms with Crippen molar-refractivity contribution in [1.29, 1.82) is 0 Å². The Morgan fingerprint density at radius 1 is 1.07 bits per heavy atom. The van der Waals surface area contributed by atoms with Gasteiger partial charge in [0.15, 0.2) is 0 Å². The van der Waals surface area contributed by atoms with Crippen LogP contribution in [-0.2, 0) is 36.8 Å². The molecule has 6 atom stereocenters. The molecule has 8 nitrogen and oxygen atoms in total. The number of benzene rings is 2. The van der Waals surface area contributed by atoms with E-state index in [4.69, 9.17) is 9.47 Å². The van der Waals surface area contributed by atoms with Crippen LogP contribution in [0.25, 0.3) is 0 Å². The van der Waals surface area contributed by atoms with Gasteiger partial charge in [0.2, 0.25) is 11.8 Å². The Morgan fingerprint density at radius 3 is 2.42 bits per heavy atom. The second kappa shape index (κ2) is 13.7. The van der Waals surface area contributed by atoms with E-state index in [1.807, 2.05) is 66.7 Å². The number of aliphatic hydroxyl groups is 1. The van der Waals surface area contributed by atoms with Crippen LogP contribution in [0.3, 0.4) is 0 Å². The van der Waals surface area contributed by atoms with Crippen LogP contribution in [0.5, 0.6) is 0 Å². The van der Waals surface area contributed by atoms with Crippen LogP contribution in [0.1, 0.15) is 43.2 Å². The molecule has 2 aromatic carbocycles. The predicted molar refractivity (Wildman–Crippen MR) is 163 cm³/mol. The Morgan fingerprint density at radius 2 is 1.77 bits per heavy atom. The van der Waals surface area contributed by atoms with Gasteiger partial charge in [0.25, 0.3) is 0 Å². The Hall–Kier alpha value is -3.75. The first-order valence-electron chi connectivity index (χ1n) is 15.3. The molecule has 3 saturated heterocycles. The number of rotatable bonds is 15. The second-order valence-electron chi connectivity index (χ2n) is 11.8. The minimum Gasteiger partial charge on any atom is -0.465 e. The zero-order chi connectivity index (χ0) is 30.4. The molecule has 5 rings (SSSR count). The summed E-state index contributed by atoms with van der Waals surface area (Å²) in [6, 6.07) is 17.6. The van der Waals surface area contributed by atoms with E-state index in [2.05, 4.69) is 13.2 Å². The minimum absolute atomic E-state index is 0.257. The van der Waals surface area contributed by atoms with Gasteiger partial charge >= 0.3 is 5.97 Å². The smallest absolute Gasteiger partial charge is 0.312 e. The van der Waals surface area contributed by atoms with Gasteiger partial charge in [0.05, 0.1) is 37.2 Å². The third-order valence-electron chi connectivity index (χ3n) is 9.09. The van der Waals surface area contributed by atoms with Gasteiger partial charge < -0.3 is 24.4 Å². The highest BCUT2D eigenvalue weighted by atomic mass is 16.6. The van der Waals surface area contributed by atoms with E-state index in [0.29, 0.717) is 32.2 Å². The van der Waals surface area contributed by atoms with Crippen LogP contribution < -0.4 is 0 Å². The number of aliphatic hydroxyl groups excluding tert-OH is 1. The number of unbranched alkanes of at least 4 members (excludes halogenated alkanes) is 2. The average Bonchev–Trinajstić information content (AvgIpc) is 3.67. The number of amides is 2. The van der Waals surface area contributed by atoms with Crippen molar-refractivity contribution in [3.63, 3.8) is 0 Å². The predicted octanol–water partition coefficient (Wildman–Crippen LogP) is 4.08. The molecule has 2 unspecified atom stereocenters. The van der Waals surface area contributed by atoms with Crippen molar-refractivity contribution in [2.45, 2.75) is 68.9 Å². The van der Waals surface area contributed by atoms with Gasteiger partial charge in [-0.25, -0.2) is 0 Å². The Kier molecular flexibility index (Phi) is 9.78. The normalized spacial score (nSPS) is 26.2. The number of hydrogen-bond donors (Lipinski definition) is 1. The molecule has 8 heteroatoms. The average molecular weight is 587 g/mol. The number of allylic oxidation sites excluding steroid dienone is 1. The molecule has 0 saturated carbocycles. The summed E-state index contributed by atoms with van der Waals surface area (Å²) in [6.07, 6.45) is 6.80. The van der Waals surface area contributed by atoms with Gasteiger partial charge in [0, 0.05) is 13.1 Å². The summed E-state index contributed by atoms with van der Waals surface area (Å²) in [6.45, 7) is 8.12. The highest BCUT2D eigenvalue weighted by Crippen LogP contribution is 2.59. The first-order chi connectivity index (χ1) is 20.9. The van der Waals surface area contributed by atoms with E-state index < -0.39 is 41.6 Å². The maximum atomic E-state index is 14.6. The molecular formula is C35H42N2O6. The fraction of sp³-hybridized carbons (Fsp3) is 0.457. The van der Waals surface area contributed by atoms with Crippen LogP contribution in [0.2, 0.25) is 0 Å². The van der Waals surface area contributed by atoms with Crippen molar-refractivity contribution in [3.8, 4) is 0 Å². The Bertz CT molecular complexity index is 1300. The highest BCUT2D eigenvalue weighted by Gasteiger charge is 2.75. The van der Waals surface area contributed by atoms with Crippen molar-refractivity contribution in [1.82, 2.24) is 9.80 Å². The molecule has 1 N–H and O–H groups in total. The number of esters is 1. The summed E-state index contributed by atoms with van der Waals surface area (Å²) in [4.78, 5) is 45.8. The molecule has 0 radical (unpaired) electrons. The fourth-order valence-corrected chi connectivity index (χ4v) is 7.19. The van der Waals surface area contributed by atoms with Gasteiger partial charge in [-0.15, -0.1) is 13.2 Å². The number of carbonyl (C=O) groups excluding carboxylic acids is 3. The van der Waals surface area contributed by atoms with Crippen LogP contribution in [0.4, 0.5) is 0 Å². The number of nitrogens with zero attached hydrogens (tertiary/aromatic N) is 2. The quantitative estimate of drug-likeness (QED) is 0.192. The van der Waals surface area contributed by atoms with Crippen LogP contribution in [0, 0.1) is 11.8 Å². The third-order valence-corrected chi connectivity index (χ3v) is 9.09. The highest BCUT2D eigenvalue weighted by molar-refractivity contribution is 5.98. The lowest BCUT2D eigenvalue weighted by atomic mass is 9.70. The minimum atomic E-state index is -1.18. The molecule has 1 spiro atoms. The number of carbonyl (C=O) groups is 3. The van der Waals surface area contributed by atoms with E-state index in [-0.39, 0.29) is 31.6 Å². The second-order valence-corrected chi connectivity index (χ2v) is 11.8. The maximum Gasteiger partial charge on any atom is 0.312 e. The molecule has 2 amide bonds. The van der Waals surface area contributed by atoms with Gasteiger partial charge in [-0.3, -0.25) is 14.4 Å². The summed E-state index contributed by atoms with van der Waals surface area (Å²) in [5, 5.41) is 10.7. The first-order valence-corrected chi connectivity index (χ1v) is 15.3. The van der Waals surface area contributed by atoms with Crippen molar-refractivity contribution < 1.29 is 29.0 Å². The lowest BCUT2D eigenvalue weighted by Crippen LogP contribution is -2.59. The summed E-state index contributed by atoms with van der Waals surface area (Å²) in [7, 11) is 0. The third kappa shape index (κ3) is 6.04. The Labute approximate surface area is 254 Å². The molecule has 2 aromatic rings. The fourth-order valence-electron chi connectivity index (χ4n) is 7.19. The summed E-state index contributed by atoms with van der Waals surface area (Å²) < 4.78 is 12.3. The number of likely N-dealkylation sites (tertiary alicyclic amines) is 1. The van der Waals surface area contributed by atoms with E-state index >= 15 is 0 Å². The van der Waals surface area contributed by atoms with Crippen LogP contribution >= 0.6 is 0 Å². The molecule has 3 aliphatic heterocycles. The van der Waals surface area contributed by atoms with E-state index in [0.717, 1.165) is 24.0 Å². The van der Waals surface area contributed by atoms with Gasteiger partial charge in [-0.2, -0.15) is 0 Å². The first kappa shape index (κ1) is 30.7. The largest absolute Gasteiger partial charge is 0.465 e. The van der Waals surface area contributed by atoms with Gasteiger partial charge in [0.1, 0.15) is 11.6 Å². The Balaban J connectivity index is 1.49. The molecule has 43 heavy (non-hydrogen) atoms. The lowest BCUT2D eigenvalue weighted by molar-refractivity contribution is -0.156. The number of fused-ring (bicyclic) bond motifs is 1. The molecular weight excluding hydrogens is 544 g/mol. The topological polar surface area (TPSA) is 96.4 Å². The van der Waals surface area contributed by atoms with E-state index in [9.17, 15) is 19.5 Å². The zero-order valence-corrected chi connectivity index (χ0v) is 24.7. The van der Waals surface area contributed by atoms with Gasteiger partial charge in [-0.1, -0.05) is 72.8 Å². The van der Waals surface area contributed by atoms with Crippen molar-refractivity contribution in [3.05, 3.63) is 97.1 Å². The molecule has 2 bridgehead atoms. The molecule has 3 fully saturated rings. The van der Waals surface area contributed by atoms with Crippen LogP contribution in [0.15, 0.2) is 86.0 Å². The molecule has 0 aromatic heterocycles. The zero-order valence-electron chi connectivity index (χ0n) is 24.7. The number of ether oxygens (including phenoxy) is 2. The van der Waals surface area contributed by atoms with Crippen molar-refractivity contribution in [2.75, 3.05) is 19.8 Å². The summed E-state index contributed by atoms with van der Waals surface area (Å²) >= 11 is 0. The molecule has 0 aliphatic carbocycles. The van der Waals surface area contributed by atoms with Crippen molar-refractivity contribution >= 4 is 17.8 Å². The number of hydrogen-bond acceptors (Lipinski definition) is 6. The van der Waals surface area contributed by atoms with E-state index in [1.54, 1.807) is 11.0 Å². The lowest BCUT2D eigenvalue weighted by Gasteiger charge is -2.39. The maximum absolute atomic E-state index is 14.6. The van der Waals surface area contributed by atoms with Crippen molar-refractivity contribution in [2.24, 2.45) is 11.8 Å². The monoisotopic (exact) mass is 586 g/mol. The van der Waals surface area contributed by atoms with Gasteiger partial charge in [-0.05, 0) is 49.7 Å².